The first-order valence-electron chi connectivity index (χ1n) is 6.31. The summed E-state index contributed by atoms with van der Waals surface area (Å²) in [5.74, 6) is -0.242. The first-order valence-corrected chi connectivity index (χ1v) is 6.31. The third-order valence-electron chi connectivity index (χ3n) is 4.36. The molecule has 0 bridgehead atoms. The summed E-state index contributed by atoms with van der Waals surface area (Å²) in [7, 11) is 0. The van der Waals surface area contributed by atoms with Gasteiger partial charge in [-0.1, -0.05) is 6.42 Å². The van der Waals surface area contributed by atoms with Crippen LogP contribution in [0.25, 0.3) is 0 Å². The van der Waals surface area contributed by atoms with Crippen LogP contribution < -0.4 is 11.1 Å². The largest absolute Gasteiger partial charge is 0.499 e. The minimum absolute atomic E-state index is 0.164. The first kappa shape index (κ1) is 10.9. The van der Waals surface area contributed by atoms with Crippen LogP contribution >= 0.6 is 0 Å². The molecule has 1 amide bonds. The number of amides is 1. The highest BCUT2D eigenvalue weighted by molar-refractivity contribution is 5.80. The van der Waals surface area contributed by atoms with Gasteiger partial charge in [0, 0.05) is 18.2 Å². The Labute approximate surface area is 101 Å². The van der Waals surface area contributed by atoms with Gasteiger partial charge in [0.25, 0.3) is 0 Å². The summed E-state index contributed by atoms with van der Waals surface area (Å²) < 4.78 is 5.56. The van der Waals surface area contributed by atoms with Crippen molar-refractivity contribution in [1.82, 2.24) is 10.2 Å². The number of ether oxygens (including phenoxy) is 1. The summed E-state index contributed by atoms with van der Waals surface area (Å²) in [5, 5.41) is 3.41. The summed E-state index contributed by atoms with van der Waals surface area (Å²) in [6.45, 7) is 1.61. The van der Waals surface area contributed by atoms with Crippen LogP contribution in [-0.2, 0) is 9.53 Å². The van der Waals surface area contributed by atoms with Gasteiger partial charge in [-0.3, -0.25) is 10.1 Å². The van der Waals surface area contributed by atoms with Gasteiger partial charge in [-0.25, -0.2) is 0 Å². The van der Waals surface area contributed by atoms with Gasteiger partial charge in [0.05, 0.1) is 25.1 Å². The van der Waals surface area contributed by atoms with E-state index < -0.39 is 0 Å². The van der Waals surface area contributed by atoms with E-state index in [9.17, 15) is 4.79 Å². The van der Waals surface area contributed by atoms with E-state index in [0.29, 0.717) is 0 Å². The van der Waals surface area contributed by atoms with Crippen LogP contribution in [0.5, 0.6) is 0 Å². The van der Waals surface area contributed by atoms with Crippen LogP contribution in [0.2, 0.25) is 0 Å². The lowest BCUT2D eigenvalue weighted by atomic mass is 9.66. The Kier molecular flexibility index (Phi) is 2.50. The van der Waals surface area contributed by atoms with Crippen LogP contribution in [-0.4, -0.2) is 36.2 Å². The second-order valence-corrected chi connectivity index (χ2v) is 5.36. The number of nitrogens with one attached hydrogen (secondary N) is 1. The number of carbonyl (C=O) groups excluding carboxylic acids is 1. The molecule has 5 heteroatoms. The van der Waals surface area contributed by atoms with Crippen molar-refractivity contribution >= 4 is 5.91 Å². The molecule has 3 rings (SSSR count). The molecule has 0 aromatic heterocycles. The van der Waals surface area contributed by atoms with Gasteiger partial charge < -0.3 is 15.4 Å². The number of carbonyl (C=O) groups is 1. The zero-order chi connectivity index (χ0) is 11.9. The average Bonchev–Trinajstić information content (AvgIpc) is 2.46. The Morgan fingerprint density at radius 2 is 2.35 bits per heavy atom. The molecule has 2 heterocycles. The van der Waals surface area contributed by atoms with Crippen molar-refractivity contribution in [3.63, 3.8) is 0 Å². The lowest BCUT2D eigenvalue weighted by molar-refractivity contribution is -0.124. The van der Waals surface area contributed by atoms with Gasteiger partial charge in [-0.2, -0.15) is 0 Å². The molecule has 2 aliphatic heterocycles. The zero-order valence-corrected chi connectivity index (χ0v) is 9.89. The van der Waals surface area contributed by atoms with Crippen LogP contribution in [0.3, 0.4) is 0 Å². The topological polar surface area (TPSA) is 67.6 Å². The highest BCUT2D eigenvalue weighted by Crippen LogP contribution is 2.47. The monoisotopic (exact) mass is 237 g/mol. The molecular weight excluding hydrogens is 218 g/mol. The third-order valence-corrected chi connectivity index (χ3v) is 4.36. The first-order chi connectivity index (χ1) is 8.21. The summed E-state index contributed by atoms with van der Waals surface area (Å²) in [6, 6.07) is -0.194. The molecular formula is C12H19N3O2. The zero-order valence-electron chi connectivity index (χ0n) is 9.89. The molecule has 2 atom stereocenters. The fraction of sp³-hybridized carbons (Fsp3) is 0.750. The van der Waals surface area contributed by atoms with Crippen molar-refractivity contribution in [1.29, 1.82) is 0 Å². The van der Waals surface area contributed by atoms with E-state index in [1.807, 2.05) is 6.20 Å². The van der Waals surface area contributed by atoms with Crippen molar-refractivity contribution in [3.05, 3.63) is 12.5 Å². The molecule has 0 radical (unpaired) electrons. The van der Waals surface area contributed by atoms with Gasteiger partial charge in [-0.05, 0) is 19.3 Å². The fourth-order valence-corrected chi connectivity index (χ4v) is 3.15. The standard InChI is InChI=1S/C12H19N3O2/c13-10(16)9-2-5-15-6-7-17-8-12(3-1-4-12)11(15)14-9/h6-7,9,11,14H,1-5,8H2,(H2,13,16). The maximum absolute atomic E-state index is 11.3. The van der Waals surface area contributed by atoms with Crippen LogP contribution in [0, 0.1) is 5.41 Å². The molecule has 0 aromatic rings. The molecule has 2 fully saturated rings. The third kappa shape index (κ3) is 1.69. The van der Waals surface area contributed by atoms with E-state index in [2.05, 4.69) is 10.2 Å². The number of rotatable bonds is 1. The summed E-state index contributed by atoms with van der Waals surface area (Å²) in [4.78, 5) is 13.6. The second kappa shape index (κ2) is 3.91. The van der Waals surface area contributed by atoms with E-state index >= 15 is 0 Å². The van der Waals surface area contributed by atoms with Crippen molar-refractivity contribution < 1.29 is 9.53 Å². The number of primary amides is 1. The highest BCUT2D eigenvalue weighted by atomic mass is 16.5. The second-order valence-electron chi connectivity index (χ2n) is 5.36. The Morgan fingerprint density at radius 1 is 1.53 bits per heavy atom. The Bertz CT molecular complexity index is 352. The van der Waals surface area contributed by atoms with Gasteiger partial charge in [0.15, 0.2) is 0 Å². The molecule has 1 saturated heterocycles. The maximum atomic E-state index is 11.3. The predicted octanol–water partition coefficient (Wildman–Crippen LogP) is 0.133. The molecule has 0 aromatic carbocycles. The molecule has 1 spiro atoms. The number of hydrogen-bond acceptors (Lipinski definition) is 4. The van der Waals surface area contributed by atoms with E-state index in [-0.39, 0.29) is 23.5 Å². The predicted molar refractivity (Wildman–Crippen MR) is 62.6 cm³/mol. The van der Waals surface area contributed by atoms with Crippen molar-refractivity contribution in [2.75, 3.05) is 13.2 Å². The summed E-state index contributed by atoms with van der Waals surface area (Å²) in [6.07, 6.45) is 8.29. The SMILES string of the molecule is NC(=O)C1CCN2C=COCC3(CCC3)C2N1. The smallest absolute Gasteiger partial charge is 0.234 e. The van der Waals surface area contributed by atoms with Gasteiger partial charge in [-0.15, -0.1) is 0 Å². The quantitative estimate of drug-likeness (QED) is 0.680. The van der Waals surface area contributed by atoms with Crippen LogP contribution in [0.15, 0.2) is 12.5 Å². The van der Waals surface area contributed by atoms with E-state index in [4.69, 9.17) is 10.5 Å². The number of fused-ring (bicyclic) bond motifs is 2. The molecule has 3 N–H and O–H groups in total. The Balaban J connectivity index is 1.83. The molecule has 5 nitrogen and oxygen atoms in total. The van der Waals surface area contributed by atoms with E-state index in [0.717, 1.165) is 32.4 Å². The molecule has 94 valence electrons. The summed E-state index contributed by atoms with van der Waals surface area (Å²) >= 11 is 0. The molecule has 1 aliphatic carbocycles. The molecule has 17 heavy (non-hydrogen) atoms. The lowest BCUT2D eigenvalue weighted by Gasteiger charge is -2.52. The van der Waals surface area contributed by atoms with Crippen molar-refractivity contribution in [3.8, 4) is 0 Å². The van der Waals surface area contributed by atoms with Gasteiger partial charge >= 0.3 is 0 Å². The molecule has 3 aliphatic rings. The maximum Gasteiger partial charge on any atom is 0.234 e. The molecule has 1 saturated carbocycles. The van der Waals surface area contributed by atoms with Gasteiger partial charge in [0.2, 0.25) is 5.91 Å². The highest BCUT2D eigenvalue weighted by Gasteiger charge is 2.50. The number of nitrogens with zero attached hydrogens (tertiary/aromatic N) is 1. The average molecular weight is 237 g/mol. The van der Waals surface area contributed by atoms with Gasteiger partial charge in [0.1, 0.15) is 0 Å². The normalized spacial score (nSPS) is 34.5. The molecule has 2 unspecified atom stereocenters. The lowest BCUT2D eigenvalue weighted by Crippen LogP contribution is -2.66. The van der Waals surface area contributed by atoms with Crippen LogP contribution in [0.1, 0.15) is 25.7 Å². The Morgan fingerprint density at radius 3 is 3.00 bits per heavy atom. The van der Waals surface area contributed by atoms with Crippen molar-refractivity contribution in [2.24, 2.45) is 11.1 Å². The minimum atomic E-state index is -0.242. The number of nitrogens with two attached hydrogens (primary N) is 1. The fourth-order valence-electron chi connectivity index (χ4n) is 3.15. The Hall–Kier alpha value is -1.23. The van der Waals surface area contributed by atoms with Crippen molar-refractivity contribution in [2.45, 2.75) is 37.9 Å². The van der Waals surface area contributed by atoms with E-state index in [1.165, 1.54) is 6.42 Å². The summed E-state index contributed by atoms with van der Waals surface area (Å²) in [5.41, 5.74) is 5.57. The number of hydrogen-bond donors (Lipinski definition) is 2. The minimum Gasteiger partial charge on any atom is -0.499 e. The van der Waals surface area contributed by atoms with Crippen LogP contribution in [0.4, 0.5) is 0 Å². The van der Waals surface area contributed by atoms with E-state index in [1.54, 1.807) is 6.26 Å².